The zero-order valence-corrected chi connectivity index (χ0v) is 11.9. The van der Waals surface area contributed by atoms with Crippen molar-refractivity contribution in [1.29, 1.82) is 0 Å². The number of hydrogen-bond acceptors (Lipinski definition) is 3. The highest BCUT2D eigenvalue weighted by Gasteiger charge is 2.23. The first-order valence-corrected chi connectivity index (χ1v) is 6.87. The Morgan fingerprint density at radius 1 is 1.24 bits per heavy atom. The van der Waals surface area contributed by atoms with Crippen LogP contribution in [0.25, 0.3) is 5.57 Å². The van der Waals surface area contributed by atoms with Crippen LogP contribution in [-0.4, -0.2) is 18.5 Å². The zero-order chi connectivity index (χ0) is 14.8. The first-order valence-electron chi connectivity index (χ1n) is 6.87. The minimum atomic E-state index is 0.000463. The third-order valence-corrected chi connectivity index (χ3v) is 4.01. The first-order chi connectivity index (χ1) is 10.2. The molecule has 0 aromatic heterocycles. The van der Waals surface area contributed by atoms with Crippen LogP contribution in [0, 0.1) is 0 Å². The average Bonchev–Trinajstić information content (AvgIpc) is 2.64. The summed E-state index contributed by atoms with van der Waals surface area (Å²) in [6.07, 6.45) is 2.35. The molecule has 1 N–H and O–H groups in total. The predicted octanol–water partition coefficient (Wildman–Crippen LogP) is 3.86. The van der Waals surface area contributed by atoms with Crippen molar-refractivity contribution < 1.29 is 9.94 Å². The lowest BCUT2D eigenvalue weighted by molar-refractivity contribution is 0.319. The van der Waals surface area contributed by atoms with Crippen LogP contribution in [0.5, 0.6) is 5.75 Å². The van der Waals surface area contributed by atoms with E-state index in [2.05, 4.69) is 23.9 Å². The van der Waals surface area contributed by atoms with Crippen LogP contribution in [0.2, 0.25) is 0 Å². The molecule has 0 fully saturated rings. The average molecular weight is 279 g/mol. The molecule has 0 radical (unpaired) electrons. The summed E-state index contributed by atoms with van der Waals surface area (Å²) in [6.45, 7) is 4.26. The first kappa shape index (κ1) is 13.4. The van der Waals surface area contributed by atoms with Crippen molar-refractivity contribution in [3.63, 3.8) is 0 Å². The summed E-state index contributed by atoms with van der Waals surface area (Å²) >= 11 is 0. The van der Waals surface area contributed by atoms with Gasteiger partial charge in [0.25, 0.3) is 0 Å². The molecule has 3 rings (SSSR count). The van der Waals surface area contributed by atoms with E-state index in [0.29, 0.717) is 0 Å². The molecule has 0 saturated heterocycles. The lowest BCUT2D eigenvalue weighted by Crippen LogP contribution is -2.05. The van der Waals surface area contributed by atoms with E-state index in [4.69, 9.17) is 9.94 Å². The van der Waals surface area contributed by atoms with E-state index in [0.717, 1.165) is 34.4 Å². The molecule has 1 aliphatic carbocycles. The quantitative estimate of drug-likeness (QED) is 0.515. The van der Waals surface area contributed by atoms with Crippen molar-refractivity contribution in [2.24, 2.45) is 5.16 Å². The number of benzene rings is 2. The highest BCUT2D eigenvalue weighted by Crippen LogP contribution is 2.38. The van der Waals surface area contributed by atoms with Crippen LogP contribution in [0.4, 0.5) is 0 Å². The molecule has 3 heteroatoms. The van der Waals surface area contributed by atoms with Crippen molar-refractivity contribution in [2.75, 3.05) is 7.11 Å². The summed E-state index contributed by atoms with van der Waals surface area (Å²) in [6, 6.07) is 14.2. The van der Waals surface area contributed by atoms with Crippen molar-refractivity contribution in [3.05, 3.63) is 71.3 Å². The van der Waals surface area contributed by atoms with Crippen LogP contribution in [-0.2, 0) is 6.42 Å². The summed E-state index contributed by atoms with van der Waals surface area (Å²) < 4.78 is 5.32. The van der Waals surface area contributed by atoms with Gasteiger partial charge in [0.15, 0.2) is 0 Å². The summed E-state index contributed by atoms with van der Waals surface area (Å²) in [5, 5.41) is 12.2. The van der Waals surface area contributed by atoms with Crippen molar-refractivity contribution in [3.8, 4) is 5.75 Å². The molecular weight excluding hydrogens is 262 g/mol. The van der Waals surface area contributed by atoms with Gasteiger partial charge in [0.1, 0.15) is 5.75 Å². The molecular formula is C18H17NO2. The van der Waals surface area contributed by atoms with Gasteiger partial charge in [-0.05, 0) is 46.4 Å². The van der Waals surface area contributed by atoms with Crippen molar-refractivity contribution >= 4 is 11.8 Å². The molecule has 1 aliphatic rings. The molecule has 1 unspecified atom stereocenters. The Labute approximate surface area is 124 Å². The normalized spacial score (nSPS) is 17.2. The Kier molecular flexibility index (Phi) is 3.48. The molecule has 0 heterocycles. The van der Waals surface area contributed by atoms with E-state index in [-0.39, 0.29) is 5.92 Å². The maximum absolute atomic E-state index is 8.99. The van der Waals surface area contributed by atoms with Crippen LogP contribution >= 0.6 is 0 Å². The minimum Gasteiger partial charge on any atom is -0.497 e. The van der Waals surface area contributed by atoms with E-state index in [1.54, 1.807) is 13.3 Å². The summed E-state index contributed by atoms with van der Waals surface area (Å²) in [5.74, 6) is 0.796. The number of ether oxygens (including phenoxy) is 1. The fourth-order valence-electron chi connectivity index (χ4n) is 2.95. The van der Waals surface area contributed by atoms with Gasteiger partial charge in [-0.15, -0.1) is 5.16 Å². The van der Waals surface area contributed by atoms with Gasteiger partial charge < -0.3 is 9.94 Å². The number of hydrogen-bond donors (Lipinski definition) is 1. The Hall–Kier alpha value is -2.55. The van der Waals surface area contributed by atoms with Gasteiger partial charge in [-0.3, -0.25) is 0 Å². The number of nitrogens with zero attached hydrogens (tertiary/aromatic N) is 1. The summed E-state index contributed by atoms with van der Waals surface area (Å²) in [7, 11) is 1.65. The van der Waals surface area contributed by atoms with Gasteiger partial charge in [0.2, 0.25) is 0 Å². The van der Waals surface area contributed by atoms with E-state index >= 15 is 0 Å². The molecule has 0 aliphatic heterocycles. The fraction of sp³-hybridized carbons (Fsp3) is 0.167. The van der Waals surface area contributed by atoms with Gasteiger partial charge in [0.05, 0.1) is 13.3 Å². The lowest BCUT2D eigenvalue weighted by atomic mass is 9.91. The topological polar surface area (TPSA) is 41.8 Å². The van der Waals surface area contributed by atoms with Crippen molar-refractivity contribution in [1.82, 2.24) is 0 Å². The van der Waals surface area contributed by atoms with Crippen LogP contribution < -0.4 is 4.74 Å². The number of methoxy groups -OCH3 is 1. The second kappa shape index (κ2) is 5.44. The highest BCUT2D eigenvalue weighted by atomic mass is 16.5. The molecule has 3 nitrogen and oxygen atoms in total. The Balaban J connectivity index is 2.23. The van der Waals surface area contributed by atoms with Crippen molar-refractivity contribution in [2.45, 2.75) is 12.3 Å². The zero-order valence-electron chi connectivity index (χ0n) is 11.9. The second-order valence-corrected chi connectivity index (χ2v) is 5.16. The van der Waals surface area contributed by atoms with Crippen LogP contribution in [0.3, 0.4) is 0 Å². The van der Waals surface area contributed by atoms with E-state index in [1.807, 2.05) is 30.3 Å². The standard InChI is InChI=1S/C18H17NO2/c1-12-16-6-4-3-5-13(16)9-14(11-19-20)18-10-15(21-2)7-8-17(12)18/h3-8,10-11,14,20H,1,9H2,2H3/b19-11-. The lowest BCUT2D eigenvalue weighted by Gasteiger charge is -2.14. The van der Waals surface area contributed by atoms with E-state index in [9.17, 15) is 0 Å². The fourth-order valence-corrected chi connectivity index (χ4v) is 2.95. The molecule has 21 heavy (non-hydrogen) atoms. The molecule has 106 valence electrons. The van der Waals surface area contributed by atoms with Gasteiger partial charge in [0, 0.05) is 5.92 Å². The van der Waals surface area contributed by atoms with Crippen LogP contribution in [0.15, 0.2) is 54.2 Å². The molecule has 0 spiro atoms. The molecule has 1 atom stereocenters. The molecule has 0 bridgehead atoms. The van der Waals surface area contributed by atoms with Gasteiger partial charge >= 0.3 is 0 Å². The summed E-state index contributed by atoms with van der Waals surface area (Å²) in [4.78, 5) is 0. The highest BCUT2D eigenvalue weighted by molar-refractivity contribution is 5.86. The third-order valence-electron chi connectivity index (χ3n) is 4.01. The number of rotatable bonds is 2. The van der Waals surface area contributed by atoms with E-state index < -0.39 is 0 Å². The van der Waals surface area contributed by atoms with Gasteiger partial charge in [-0.2, -0.15) is 0 Å². The number of fused-ring (bicyclic) bond motifs is 2. The maximum atomic E-state index is 8.99. The molecule has 2 aromatic rings. The molecule has 2 aromatic carbocycles. The van der Waals surface area contributed by atoms with Gasteiger partial charge in [-0.1, -0.05) is 36.9 Å². The Morgan fingerprint density at radius 2 is 2.05 bits per heavy atom. The third kappa shape index (κ3) is 2.31. The summed E-state index contributed by atoms with van der Waals surface area (Å²) in [5.41, 5.74) is 5.51. The van der Waals surface area contributed by atoms with E-state index in [1.165, 1.54) is 5.56 Å². The minimum absolute atomic E-state index is 0.000463. The second-order valence-electron chi connectivity index (χ2n) is 5.16. The largest absolute Gasteiger partial charge is 0.497 e. The predicted molar refractivity (Wildman–Crippen MR) is 84.3 cm³/mol. The monoisotopic (exact) mass is 279 g/mol. The Bertz CT molecular complexity index is 719. The number of oxime groups is 1. The molecule has 0 amide bonds. The van der Waals surface area contributed by atoms with Gasteiger partial charge in [-0.25, -0.2) is 0 Å². The molecule has 0 saturated carbocycles. The smallest absolute Gasteiger partial charge is 0.119 e. The van der Waals surface area contributed by atoms with Crippen LogP contribution in [0.1, 0.15) is 28.2 Å². The Morgan fingerprint density at radius 3 is 2.81 bits per heavy atom. The SMILES string of the molecule is C=C1c2ccccc2CC(/C=N\O)c2cc(OC)ccc21. The maximum Gasteiger partial charge on any atom is 0.119 e.